The van der Waals surface area contributed by atoms with Crippen LogP contribution in [0.4, 0.5) is 4.39 Å². The number of rotatable bonds is 6. The Morgan fingerprint density at radius 2 is 1.93 bits per heavy atom. The second-order valence-electron chi connectivity index (χ2n) is 7.37. The van der Waals surface area contributed by atoms with Crippen LogP contribution in [0.3, 0.4) is 0 Å². The molecule has 1 aromatic carbocycles. The summed E-state index contributed by atoms with van der Waals surface area (Å²) in [5.41, 5.74) is 1.42. The maximum absolute atomic E-state index is 14.2. The van der Waals surface area contributed by atoms with Crippen molar-refractivity contribution in [2.45, 2.75) is 45.6 Å². The van der Waals surface area contributed by atoms with E-state index in [0.29, 0.717) is 11.6 Å². The van der Waals surface area contributed by atoms with Crippen LogP contribution in [0, 0.1) is 12.7 Å². The van der Waals surface area contributed by atoms with Gasteiger partial charge in [0.1, 0.15) is 0 Å². The second kappa shape index (κ2) is 7.27. The van der Waals surface area contributed by atoms with Crippen molar-refractivity contribution < 1.29 is 24.1 Å². The number of halogens is 1. The lowest BCUT2D eigenvalue weighted by atomic mass is 10.2. The van der Waals surface area contributed by atoms with Crippen LogP contribution in [0.5, 0.6) is 28.9 Å². The average molecular weight is 399 g/mol. The summed E-state index contributed by atoms with van der Waals surface area (Å²) < 4.78 is 27.0. The van der Waals surface area contributed by atoms with Crippen molar-refractivity contribution in [3.8, 4) is 34.7 Å². The Morgan fingerprint density at radius 3 is 2.55 bits per heavy atom. The number of hydrogen-bond donors (Lipinski definition) is 2. The van der Waals surface area contributed by atoms with Gasteiger partial charge in [0.05, 0.1) is 11.8 Å². The summed E-state index contributed by atoms with van der Waals surface area (Å²) in [6.45, 7) is 5.32. The van der Waals surface area contributed by atoms with Crippen molar-refractivity contribution in [3.63, 3.8) is 0 Å². The monoisotopic (exact) mass is 399 g/mol. The minimum absolute atomic E-state index is 0.0172. The first-order chi connectivity index (χ1) is 13.8. The molecule has 0 aliphatic heterocycles. The fourth-order valence-electron chi connectivity index (χ4n) is 3.05. The van der Waals surface area contributed by atoms with E-state index in [1.165, 1.54) is 22.9 Å². The highest BCUT2D eigenvalue weighted by Crippen LogP contribution is 2.43. The fraction of sp³-hybridized carbons (Fsp3) is 0.333. The van der Waals surface area contributed by atoms with E-state index in [9.17, 15) is 14.6 Å². The van der Waals surface area contributed by atoms with Crippen molar-refractivity contribution in [1.82, 2.24) is 14.8 Å². The number of nitrogens with zero attached hydrogens (tertiary/aromatic N) is 3. The van der Waals surface area contributed by atoms with E-state index in [-0.39, 0.29) is 40.8 Å². The number of phenolic OH excluding ortho intramolecular Hbond substituents is 1. The zero-order chi connectivity index (χ0) is 20.7. The smallest absolute Gasteiger partial charge is 0.277 e. The molecular weight excluding hydrogens is 377 g/mol. The summed E-state index contributed by atoms with van der Waals surface area (Å²) in [6, 6.07) is 5.57. The van der Waals surface area contributed by atoms with Crippen molar-refractivity contribution >= 4 is 0 Å². The van der Waals surface area contributed by atoms with E-state index in [0.717, 1.165) is 18.4 Å². The average Bonchev–Trinajstić information content (AvgIpc) is 3.46. The third kappa shape index (κ3) is 3.70. The number of aromatic hydroxyl groups is 2. The number of benzene rings is 1. The van der Waals surface area contributed by atoms with Crippen LogP contribution in [0.25, 0.3) is 5.82 Å². The maximum atomic E-state index is 14.2. The highest BCUT2D eigenvalue weighted by atomic mass is 19.1. The Bertz CT molecular complexity index is 1040. The zero-order valence-corrected chi connectivity index (χ0v) is 16.4. The zero-order valence-electron chi connectivity index (χ0n) is 16.4. The fourth-order valence-corrected chi connectivity index (χ4v) is 3.05. The van der Waals surface area contributed by atoms with E-state index in [1.807, 2.05) is 13.8 Å². The second-order valence-corrected chi connectivity index (χ2v) is 7.37. The molecule has 1 aliphatic rings. The summed E-state index contributed by atoms with van der Waals surface area (Å²) >= 11 is 0. The third-order valence-corrected chi connectivity index (χ3v) is 4.65. The van der Waals surface area contributed by atoms with Crippen molar-refractivity contribution in [2.24, 2.45) is 0 Å². The molecule has 3 aromatic rings. The number of para-hydroxylation sites is 1. The lowest BCUT2D eigenvalue weighted by Gasteiger charge is -2.11. The molecule has 1 aliphatic carbocycles. The van der Waals surface area contributed by atoms with Gasteiger partial charge >= 0.3 is 0 Å². The van der Waals surface area contributed by atoms with Gasteiger partial charge in [0, 0.05) is 6.20 Å². The van der Waals surface area contributed by atoms with Gasteiger partial charge in [-0.25, -0.2) is 14.1 Å². The molecule has 8 heteroatoms. The first-order valence-electron chi connectivity index (χ1n) is 9.46. The highest BCUT2D eigenvalue weighted by Gasteiger charge is 2.27. The molecule has 0 amide bonds. The number of ether oxygens (including phenoxy) is 2. The minimum Gasteiger partial charge on any atom is -0.504 e. The number of aromatic nitrogens is 3. The van der Waals surface area contributed by atoms with Crippen LogP contribution >= 0.6 is 0 Å². The molecule has 2 N–H and O–H groups in total. The molecule has 0 unspecified atom stereocenters. The molecule has 0 bridgehead atoms. The predicted molar refractivity (Wildman–Crippen MR) is 104 cm³/mol. The molecular formula is C21H22FN3O4. The lowest BCUT2D eigenvalue weighted by molar-refractivity contribution is 0.222. The van der Waals surface area contributed by atoms with Crippen LogP contribution < -0.4 is 9.47 Å². The Balaban J connectivity index is 1.78. The van der Waals surface area contributed by atoms with E-state index < -0.39 is 5.82 Å². The third-order valence-electron chi connectivity index (χ3n) is 4.65. The summed E-state index contributed by atoms with van der Waals surface area (Å²) in [4.78, 5) is 4.36. The molecule has 29 heavy (non-hydrogen) atoms. The number of hydrogen-bond acceptors (Lipinski definition) is 6. The van der Waals surface area contributed by atoms with Gasteiger partial charge in [-0.2, -0.15) is 0 Å². The quantitative estimate of drug-likeness (QED) is 0.630. The van der Waals surface area contributed by atoms with Gasteiger partial charge in [0.25, 0.3) is 5.88 Å². The minimum atomic E-state index is -0.720. The number of pyridine rings is 1. The highest BCUT2D eigenvalue weighted by molar-refractivity contribution is 5.51. The van der Waals surface area contributed by atoms with Gasteiger partial charge in [0.2, 0.25) is 11.5 Å². The van der Waals surface area contributed by atoms with Gasteiger partial charge in [-0.1, -0.05) is 6.07 Å². The first-order valence-corrected chi connectivity index (χ1v) is 9.46. The lowest BCUT2D eigenvalue weighted by Crippen LogP contribution is -2.07. The van der Waals surface area contributed by atoms with E-state index in [2.05, 4.69) is 10.1 Å². The molecule has 0 saturated heterocycles. The normalized spacial score (nSPS) is 13.7. The Labute approximate surface area is 167 Å². The predicted octanol–water partition coefficient (Wildman–Crippen LogP) is 4.58. The molecule has 7 nitrogen and oxygen atoms in total. The van der Waals surface area contributed by atoms with Gasteiger partial charge in [-0.15, -0.1) is 5.10 Å². The van der Waals surface area contributed by atoms with E-state index >= 15 is 0 Å². The van der Waals surface area contributed by atoms with Crippen LogP contribution in [-0.4, -0.2) is 31.1 Å². The largest absolute Gasteiger partial charge is 0.504 e. The summed E-state index contributed by atoms with van der Waals surface area (Å²) in [5.74, 6) is -0.512. The standard InChI is InChI=1S/C21H22FN3O4/c1-11(2)28-21-18(29-19-15(22)5-4-6-16(19)26)12(3)25(24-21)20-17(27)9-14(10-23-20)13-7-8-13/h4-6,9-11,13,26-27H,7-8H2,1-3H3. The molecule has 4 rings (SSSR count). The molecule has 1 saturated carbocycles. The van der Waals surface area contributed by atoms with E-state index in [4.69, 9.17) is 9.47 Å². The van der Waals surface area contributed by atoms with Crippen molar-refractivity contribution in [1.29, 1.82) is 0 Å². The number of phenols is 1. The van der Waals surface area contributed by atoms with Crippen molar-refractivity contribution in [2.75, 3.05) is 0 Å². The SMILES string of the molecule is Cc1c(Oc2c(O)cccc2F)c(OC(C)C)nn1-c1ncc(C2CC2)cc1O. The molecule has 2 heterocycles. The Kier molecular flexibility index (Phi) is 4.77. The van der Waals surface area contributed by atoms with Gasteiger partial charge in [-0.05, 0) is 63.3 Å². The van der Waals surface area contributed by atoms with Gasteiger partial charge in [-0.3, -0.25) is 0 Å². The van der Waals surface area contributed by atoms with E-state index in [1.54, 1.807) is 19.2 Å². The van der Waals surface area contributed by atoms with Crippen molar-refractivity contribution in [3.05, 3.63) is 47.5 Å². The summed E-state index contributed by atoms with van der Waals surface area (Å²) in [7, 11) is 0. The molecule has 0 radical (unpaired) electrons. The maximum Gasteiger partial charge on any atom is 0.277 e. The molecule has 152 valence electrons. The molecule has 0 atom stereocenters. The van der Waals surface area contributed by atoms with Gasteiger partial charge < -0.3 is 19.7 Å². The van der Waals surface area contributed by atoms with Crippen LogP contribution in [0.2, 0.25) is 0 Å². The molecule has 2 aromatic heterocycles. The summed E-state index contributed by atoms with van der Waals surface area (Å²) in [6.07, 6.45) is 3.68. The van der Waals surface area contributed by atoms with Crippen LogP contribution in [0.15, 0.2) is 30.5 Å². The van der Waals surface area contributed by atoms with Crippen LogP contribution in [0.1, 0.15) is 43.9 Å². The topological polar surface area (TPSA) is 89.6 Å². The van der Waals surface area contributed by atoms with Crippen LogP contribution in [-0.2, 0) is 0 Å². The molecule has 1 fully saturated rings. The molecule has 0 spiro atoms. The van der Waals surface area contributed by atoms with Gasteiger partial charge in [0.15, 0.2) is 23.1 Å². The first kappa shape index (κ1) is 19.0. The Morgan fingerprint density at radius 1 is 1.17 bits per heavy atom. The Hall–Kier alpha value is -3.29. The summed E-state index contributed by atoms with van der Waals surface area (Å²) in [5, 5.41) is 24.9.